The normalized spacial score (nSPS) is 15.2. The molecule has 1 aliphatic rings. The van der Waals surface area contributed by atoms with Gasteiger partial charge in [-0.1, -0.05) is 26.7 Å². The van der Waals surface area contributed by atoms with Crippen molar-refractivity contribution >= 4 is 28.3 Å². The van der Waals surface area contributed by atoms with E-state index in [4.69, 9.17) is 0 Å². The van der Waals surface area contributed by atoms with Gasteiger partial charge in [-0.05, 0) is 31.6 Å². The third-order valence-electron chi connectivity index (χ3n) is 4.25. The molecule has 5 nitrogen and oxygen atoms in total. The summed E-state index contributed by atoms with van der Waals surface area (Å²) in [6.07, 6.45) is 7.91. The number of rotatable bonds is 10. The fourth-order valence-electron chi connectivity index (χ4n) is 2.67. The smallest absolute Gasteiger partial charge is 0.245 e. The first-order valence-electron chi connectivity index (χ1n) is 8.62. The Morgan fingerprint density at radius 3 is 2.78 bits per heavy atom. The van der Waals surface area contributed by atoms with Crippen molar-refractivity contribution in [1.29, 1.82) is 0 Å². The zero-order valence-corrected chi connectivity index (χ0v) is 14.9. The summed E-state index contributed by atoms with van der Waals surface area (Å²) in [6, 6.07) is 0. The van der Waals surface area contributed by atoms with Crippen molar-refractivity contribution in [2.75, 3.05) is 18.4 Å². The Morgan fingerprint density at radius 2 is 2.22 bits per heavy atom. The van der Waals surface area contributed by atoms with Crippen molar-refractivity contribution in [1.82, 2.24) is 9.88 Å². The van der Waals surface area contributed by atoms with Crippen molar-refractivity contribution < 1.29 is 9.59 Å². The minimum Gasteiger partial charge on any atom is -0.333 e. The summed E-state index contributed by atoms with van der Waals surface area (Å²) in [5.74, 6) is 0.609. The minimum absolute atomic E-state index is 0.0429. The summed E-state index contributed by atoms with van der Waals surface area (Å²) in [7, 11) is 0. The highest BCUT2D eigenvalue weighted by Gasteiger charge is 2.30. The Balaban J connectivity index is 1.94. The van der Waals surface area contributed by atoms with Gasteiger partial charge in [0.15, 0.2) is 5.13 Å². The van der Waals surface area contributed by atoms with Crippen LogP contribution in [0, 0.1) is 11.8 Å². The van der Waals surface area contributed by atoms with Gasteiger partial charge in [0.1, 0.15) is 0 Å². The fourth-order valence-corrected chi connectivity index (χ4v) is 3.22. The van der Waals surface area contributed by atoms with Gasteiger partial charge in [0.05, 0.1) is 6.54 Å². The van der Waals surface area contributed by atoms with Crippen molar-refractivity contribution in [3.8, 4) is 0 Å². The molecule has 6 heteroatoms. The number of carbonyl (C=O) groups excluding carboxylic acids is 2. The van der Waals surface area contributed by atoms with Gasteiger partial charge in [0, 0.05) is 24.0 Å². The van der Waals surface area contributed by atoms with Crippen LogP contribution in [0.25, 0.3) is 0 Å². The summed E-state index contributed by atoms with van der Waals surface area (Å²) in [5.41, 5.74) is 0. The van der Waals surface area contributed by atoms with E-state index in [1.165, 1.54) is 24.2 Å². The molecular formula is C17H27N3O2S. The summed E-state index contributed by atoms with van der Waals surface area (Å²) in [5, 5.41) is 5.19. The van der Waals surface area contributed by atoms with Crippen molar-refractivity contribution in [2.24, 2.45) is 11.8 Å². The summed E-state index contributed by atoms with van der Waals surface area (Å²) < 4.78 is 0. The van der Waals surface area contributed by atoms with Crippen LogP contribution in [-0.4, -0.2) is 34.8 Å². The van der Waals surface area contributed by atoms with Crippen LogP contribution in [0.15, 0.2) is 11.6 Å². The molecule has 0 aliphatic heterocycles. The number of amides is 2. The first-order valence-corrected chi connectivity index (χ1v) is 9.50. The molecule has 1 atom stereocenters. The molecule has 0 bridgehead atoms. The van der Waals surface area contributed by atoms with Gasteiger partial charge >= 0.3 is 0 Å². The molecule has 1 aromatic rings. The largest absolute Gasteiger partial charge is 0.333 e. The molecule has 0 spiro atoms. The van der Waals surface area contributed by atoms with Gasteiger partial charge in [-0.15, -0.1) is 11.3 Å². The summed E-state index contributed by atoms with van der Waals surface area (Å²) >= 11 is 1.39. The standard InChI is InChI=1S/C17H27N3O2S/c1-3-5-6-14(4-2)16(22)20(11-13-7-8-13)12-15(21)19-17-18-9-10-23-17/h9-10,13-14H,3-8,11-12H2,1-2H3,(H,18,19,21)/t14-/m0/s1. The van der Waals surface area contributed by atoms with Crippen molar-refractivity contribution in [2.45, 2.75) is 52.4 Å². The Morgan fingerprint density at radius 1 is 1.43 bits per heavy atom. The number of carbonyl (C=O) groups is 2. The number of hydrogen-bond donors (Lipinski definition) is 1. The lowest BCUT2D eigenvalue weighted by Crippen LogP contribution is -2.42. The minimum atomic E-state index is -0.153. The molecule has 1 heterocycles. The third kappa shape index (κ3) is 5.94. The Hall–Kier alpha value is -1.43. The number of anilines is 1. The van der Waals surface area contributed by atoms with Crippen LogP contribution in [0.5, 0.6) is 0 Å². The number of hydrogen-bond acceptors (Lipinski definition) is 4. The lowest BCUT2D eigenvalue weighted by molar-refractivity contribution is -0.139. The highest BCUT2D eigenvalue weighted by molar-refractivity contribution is 7.13. The monoisotopic (exact) mass is 337 g/mol. The molecule has 0 aromatic carbocycles. The van der Waals surface area contributed by atoms with E-state index in [1.807, 2.05) is 5.38 Å². The molecule has 1 saturated carbocycles. The van der Waals surface area contributed by atoms with Gasteiger partial charge in [-0.2, -0.15) is 0 Å². The maximum Gasteiger partial charge on any atom is 0.245 e. The predicted octanol–water partition coefficient (Wildman–Crippen LogP) is 3.54. The van der Waals surface area contributed by atoms with Crippen molar-refractivity contribution in [3.63, 3.8) is 0 Å². The average Bonchev–Trinajstić information content (AvgIpc) is 3.21. The molecule has 0 radical (unpaired) electrons. The lowest BCUT2D eigenvalue weighted by Gasteiger charge is -2.26. The van der Waals surface area contributed by atoms with E-state index in [0.29, 0.717) is 17.6 Å². The van der Waals surface area contributed by atoms with E-state index in [-0.39, 0.29) is 24.3 Å². The van der Waals surface area contributed by atoms with E-state index < -0.39 is 0 Å². The van der Waals surface area contributed by atoms with Crippen LogP contribution in [0.2, 0.25) is 0 Å². The highest BCUT2D eigenvalue weighted by Crippen LogP contribution is 2.30. The number of thiazole rings is 1. The first-order chi connectivity index (χ1) is 11.1. The topological polar surface area (TPSA) is 62.3 Å². The SMILES string of the molecule is CCCC[C@H](CC)C(=O)N(CC(=O)Nc1nccs1)CC1CC1. The Labute approximate surface area is 142 Å². The summed E-state index contributed by atoms with van der Waals surface area (Å²) in [6.45, 7) is 5.05. The lowest BCUT2D eigenvalue weighted by atomic mass is 9.97. The second-order valence-electron chi connectivity index (χ2n) is 6.29. The first kappa shape index (κ1) is 17.9. The number of unbranched alkanes of at least 4 members (excludes halogenated alkanes) is 1. The number of aromatic nitrogens is 1. The molecule has 1 fully saturated rings. The van der Waals surface area contributed by atoms with Gasteiger partial charge in [-0.3, -0.25) is 9.59 Å². The van der Waals surface area contributed by atoms with Crippen LogP contribution < -0.4 is 5.32 Å². The van der Waals surface area contributed by atoms with Crippen LogP contribution in [-0.2, 0) is 9.59 Å². The summed E-state index contributed by atoms with van der Waals surface area (Å²) in [4.78, 5) is 30.9. The van der Waals surface area contributed by atoms with E-state index in [2.05, 4.69) is 24.1 Å². The van der Waals surface area contributed by atoms with E-state index >= 15 is 0 Å². The van der Waals surface area contributed by atoms with Gasteiger partial charge in [-0.25, -0.2) is 4.98 Å². The maximum atomic E-state index is 12.8. The molecule has 1 N–H and O–H groups in total. The van der Waals surface area contributed by atoms with E-state index in [1.54, 1.807) is 11.1 Å². The highest BCUT2D eigenvalue weighted by atomic mass is 32.1. The van der Waals surface area contributed by atoms with Crippen molar-refractivity contribution in [3.05, 3.63) is 11.6 Å². The Bertz CT molecular complexity index is 500. The molecule has 23 heavy (non-hydrogen) atoms. The van der Waals surface area contributed by atoms with Crippen LogP contribution >= 0.6 is 11.3 Å². The van der Waals surface area contributed by atoms with E-state index in [9.17, 15) is 9.59 Å². The second kappa shape index (κ2) is 9.01. The molecular weight excluding hydrogens is 310 g/mol. The average molecular weight is 337 g/mol. The molecule has 1 aliphatic carbocycles. The number of nitrogens with zero attached hydrogens (tertiary/aromatic N) is 2. The molecule has 2 rings (SSSR count). The van der Waals surface area contributed by atoms with Gasteiger partial charge < -0.3 is 10.2 Å². The fraction of sp³-hybridized carbons (Fsp3) is 0.706. The second-order valence-corrected chi connectivity index (χ2v) is 7.19. The molecule has 0 unspecified atom stereocenters. The van der Waals surface area contributed by atoms with Crippen LogP contribution in [0.1, 0.15) is 52.4 Å². The zero-order chi connectivity index (χ0) is 16.7. The third-order valence-corrected chi connectivity index (χ3v) is 4.94. The van der Waals surface area contributed by atoms with Crippen LogP contribution in [0.4, 0.5) is 5.13 Å². The zero-order valence-electron chi connectivity index (χ0n) is 14.1. The number of nitrogens with one attached hydrogen (secondary N) is 1. The molecule has 128 valence electrons. The Kier molecular flexibility index (Phi) is 7.02. The van der Waals surface area contributed by atoms with Gasteiger partial charge in [0.25, 0.3) is 0 Å². The molecule has 2 amide bonds. The quantitative estimate of drug-likeness (QED) is 0.710. The molecule has 1 aromatic heterocycles. The predicted molar refractivity (Wildman–Crippen MR) is 93.4 cm³/mol. The van der Waals surface area contributed by atoms with Crippen LogP contribution in [0.3, 0.4) is 0 Å². The van der Waals surface area contributed by atoms with Gasteiger partial charge in [0.2, 0.25) is 11.8 Å². The van der Waals surface area contributed by atoms with E-state index in [0.717, 1.165) is 25.7 Å². The molecule has 0 saturated heterocycles. The maximum absolute atomic E-state index is 12.8.